The van der Waals surface area contributed by atoms with E-state index in [4.69, 9.17) is 0 Å². The molecule has 1 amide bonds. The lowest BCUT2D eigenvalue weighted by molar-refractivity contribution is -0.132. The van der Waals surface area contributed by atoms with Crippen LogP contribution in [-0.2, 0) is 17.8 Å². The number of hydrogen-bond donors (Lipinski definition) is 1. The standard InChI is InChI=1S/C20H30N2O2/c1-2-20(16-23)10-5-11-21(15-20)12-9-19(24)22-13-8-17-6-3-4-7-18(17)14-22/h3-4,6-7,23H,2,5,8-16H2,1H3/t20-/m0/s1. The van der Waals surface area contributed by atoms with Crippen LogP contribution in [0.15, 0.2) is 24.3 Å². The molecular weight excluding hydrogens is 300 g/mol. The number of benzene rings is 1. The van der Waals surface area contributed by atoms with E-state index in [2.05, 4.69) is 36.1 Å². The lowest BCUT2D eigenvalue weighted by Gasteiger charge is -2.41. The predicted octanol–water partition coefficient (Wildman–Crippen LogP) is 2.45. The zero-order chi connectivity index (χ0) is 17.0. The fourth-order valence-corrected chi connectivity index (χ4v) is 4.15. The van der Waals surface area contributed by atoms with Crippen LogP contribution in [0.4, 0.5) is 0 Å². The van der Waals surface area contributed by atoms with E-state index in [0.717, 1.165) is 58.4 Å². The lowest BCUT2D eigenvalue weighted by Crippen LogP contribution is -2.46. The van der Waals surface area contributed by atoms with Gasteiger partial charge in [0, 0.05) is 44.6 Å². The zero-order valence-electron chi connectivity index (χ0n) is 14.8. The van der Waals surface area contributed by atoms with Crippen molar-refractivity contribution in [2.24, 2.45) is 5.41 Å². The summed E-state index contributed by atoms with van der Waals surface area (Å²) in [4.78, 5) is 17.0. The summed E-state index contributed by atoms with van der Waals surface area (Å²) in [6.07, 6.45) is 4.80. The zero-order valence-corrected chi connectivity index (χ0v) is 14.8. The molecule has 1 atom stereocenters. The maximum Gasteiger partial charge on any atom is 0.224 e. The summed E-state index contributed by atoms with van der Waals surface area (Å²) in [6.45, 7) is 6.82. The first kappa shape index (κ1) is 17.4. The summed E-state index contributed by atoms with van der Waals surface area (Å²) in [5.41, 5.74) is 2.72. The molecule has 1 N–H and O–H groups in total. The van der Waals surface area contributed by atoms with Crippen LogP contribution in [0.5, 0.6) is 0 Å². The Kier molecular flexibility index (Phi) is 5.57. The molecule has 1 fully saturated rings. The van der Waals surface area contributed by atoms with Gasteiger partial charge in [0.2, 0.25) is 5.91 Å². The molecule has 1 aromatic carbocycles. The lowest BCUT2D eigenvalue weighted by atomic mass is 9.78. The molecule has 3 rings (SSSR count). The molecule has 2 aliphatic heterocycles. The fraction of sp³-hybridized carbons (Fsp3) is 0.650. The molecule has 2 heterocycles. The molecule has 0 unspecified atom stereocenters. The molecule has 0 radical (unpaired) electrons. The van der Waals surface area contributed by atoms with Crippen molar-refractivity contribution in [2.45, 2.75) is 45.6 Å². The van der Waals surface area contributed by atoms with Gasteiger partial charge in [-0.2, -0.15) is 0 Å². The fourth-order valence-electron chi connectivity index (χ4n) is 4.15. The smallest absolute Gasteiger partial charge is 0.224 e. The van der Waals surface area contributed by atoms with Crippen molar-refractivity contribution < 1.29 is 9.90 Å². The monoisotopic (exact) mass is 330 g/mol. The minimum Gasteiger partial charge on any atom is -0.396 e. The van der Waals surface area contributed by atoms with Crippen LogP contribution in [0, 0.1) is 5.41 Å². The number of amides is 1. The molecule has 2 aliphatic rings. The second-order valence-electron chi connectivity index (χ2n) is 7.48. The van der Waals surface area contributed by atoms with Crippen LogP contribution < -0.4 is 0 Å². The first-order chi connectivity index (χ1) is 11.7. The van der Waals surface area contributed by atoms with Crippen LogP contribution in [-0.4, -0.2) is 53.6 Å². The topological polar surface area (TPSA) is 43.8 Å². The number of hydrogen-bond acceptors (Lipinski definition) is 3. The molecule has 0 aliphatic carbocycles. The van der Waals surface area contributed by atoms with Gasteiger partial charge in [-0.15, -0.1) is 0 Å². The molecule has 132 valence electrons. The van der Waals surface area contributed by atoms with Crippen molar-refractivity contribution in [3.63, 3.8) is 0 Å². The van der Waals surface area contributed by atoms with Crippen molar-refractivity contribution >= 4 is 5.91 Å². The van der Waals surface area contributed by atoms with Crippen molar-refractivity contribution in [2.75, 3.05) is 32.8 Å². The molecule has 4 nitrogen and oxygen atoms in total. The SMILES string of the molecule is CC[C@]1(CO)CCCN(CCC(=O)N2CCc3ccccc3C2)C1. The van der Waals surface area contributed by atoms with Crippen LogP contribution >= 0.6 is 0 Å². The molecule has 1 saturated heterocycles. The minimum atomic E-state index is 0.0470. The summed E-state index contributed by atoms with van der Waals surface area (Å²) in [5.74, 6) is 0.265. The highest BCUT2D eigenvalue weighted by Crippen LogP contribution is 2.32. The Labute approximate surface area is 145 Å². The average Bonchev–Trinajstić information content (AvgIpc) is 2.65. The average molecular weight is 330 g/mol. The maximum atomic E-state index is 12.6. The van der Waals surface area contributed by atoms with Gasteiger partial charge in [-0.25, -0.2) is 0 Å². The van der Waals surface area contributed by atoms with Gasteiger partial charge >= 0.3 is 0 Å². The molecule has 0 spiro atoms. The first-order valence-electron chi connectivity index (χ1n) is 9.33. The summed E-state index contributed by atoms with van der Waals surface area (Å²) in [5, 5.41) is 9.73. The van der Waals surface area contributed by atoms with E-state index in [1.807, 2.05) is 4.90 Å². The van der Waals surface area contributed by atoms with E-state index in [1.54, 1.807) is 0 Å². The number of piperidine rings is 1. The molecule has 0 saturated carbocycles. The number of aliphatic hydroxyl groups excluding tert-OH is 1. The van der Waals surface area contributed by atoms with E-state index in [9.17, 15) is 9.90 Å². The van der Waals surface area contributed by atoms with E-state index in [0.29, 0.717) is 6.42 Å². The Morgan fingerprint density at radius 3 is 2.79 bits per heavy atom. The van der Waals surface area contributed by atoms with Crippen LogP contribution in [0.25, 0.3) is 0 Å². The molecule has 1 aromatic rings. The van der Waals surface area contributed by atoms with Crippen molar-refractivity contribution in [1.29, 1.82) is 0 Å². The van der Waals surface area contributed by atoms with Gasteiger partial charge in [0.15, 0.2) is 0 Å². The highest BCUT2D eigenvalue weighted by Gasteiger charge is 2.33. The largest absolute Gasteiger partial charge is 0.396 e. The second kappa shape index (κ2) is 7.66. The molecule has 0 aromatic heterocycles. The summed E-state index contributed by atoms with van der Waals surface area (Å²) >= 11 is 0. The van der Waals surface area contributed by atoms with E-state index < -0.39 is 0 Å². The number of fused-ring (bicyclic) bond motifs is 1. The Hall–Kier alpha value is -1.39. The number of likely N-dealkylation sites (tertiary alicyclic amines) is 1. The second-order valence-corrected chi connectivity index (χ2v) is 7.48. The molecule has 24 heavy (non-hydrogen) atoms. The third-order valence-electron chi connectivity index (χ3n) is 5.95. The number of nitrogens with zero attached hydrogens (tertiary/aromatic N) is 2. The Morgan fingerprint density at radius 1 is 1.25 bits per heavy atom. The number of carbonyl (C=O) groups excluding carboxylic acids is 1. The van der Waals surface area contributed by atoms with Crippen LogP contribution in [0.2, 0.25) is 0 Å². The quantitative estimate of drug-likeness (QED) is 0.902. The van der Waals surface area contributed by atoms with Gasteiger partial charge in [0.05, 0.1) is 0 Å². The normalized spacial score (nSPS) is 24.7. The molecular formula is C20H30N2O2. The highest BCUT2D eigenvalue weighted by atomic mass is 16.3. The maximum absolute atomic E-state index is 12.6. The predicted molar refractivity (Wildman–Crippen MR) is 95.7 cm³/mol. The van der Waals surface area contributed by atoms with Crippen molar-refractivity contribution in [3.8, 4) is 0 Å². The third kappa shape index (κ3) is 3.81. The van der Waals surface area contributed by atoms with Gasteiger partial charge < -0.3 is 14.9 Å². The van der Waals surface area contributed by atoms with Gasteiger partial charge in [-0.05, 0) is 43.4 Å². The Morgan fingerprint density at radius 2 is 2.04 bits per heavy atom. The van der Waals surface area contributed by atoms with Crippen molar-refractivity contribution in [3.05, 3.63) is 35.4 Å². The number of aliphatic hydroxyl groups is 1. The van der Waals surface area contributed by atoms with Gasteiger partial charge in [0.1, 0.15) is 0 Å². The van der Waals surface area contributed by atoms with Gasteiger partial charge in [0.25, 0.3) is 0 Å². The minimum absolute atomic E-state index is 0.0470. The summed E-state index contributed by atoms with van der Waals surface area (Å²) in [7, 11) is 0. The highest BCUT2D eigenvalue weighted by molar-refractivity contribution is 5.76. The van der Waals surface area contributed by atoms with E-state index in [1.165, 1.54) is 11.1 Å². The van der Waals surface area contributed by atoms with E-state index >= 15 is 0 Å². The summed E-state index contributed by atoms with van der Waals surface area (Å²) < 4.78 is 0. The summed E-state index contributed by atoms with van der Waals surface area (Å²) in [6, 6.07) is 8.44. The Bertz CT molecular complexity index is 569. The third-order valence-corrected chi connectivity index (χ3v) is 5.95. The van der Waals surface area contributed by atoms with Gasteiger partial charge in [-0.1, -0.05) is 31.2 Å². The molecule has 0 bridgehead atoms. The molecule has 4 heteroatoms. The number of carbonyl (C=O) groups is 1. The van der Waals surface area contributed by atoms with E-state index in [-0.39, 0.29) is 17.9 Å². The van der Waals surface area contributed by atoms with Crippen molar-refractivity contribution in [1.82, 2.24) is 9.80 Å². The number of rotatable bonds is 5. The van der Waals surface area contributed by atoms with Gasteiger partial charge in [-0.3, -0.25) is 4.79 Å². The first-order valence-corrected chi connectivity index (χ1v) is 9.33. The Balaban J connectivity index is 1.51. The van der Waals surface area contributed by atoms with Crippen LogP contribution in [0.3, 0.4) is 0 Å². The van der Waals surface area contributed by atoms with Crippen LogP contribution in [0.1, 0.15) is 43.7 Å².